The van der Waals surface area contributed by atoms with Crippen LogP contribution in [0.25, 0.3) is 6.08 Å². The van der Waals surface area contributed by atoms with Crippen molar-refractivity contribution < 1.29 is 9.53 Å². The van der Waals surface area contributed by atoms with E-state index in [4.69, 9.17) is 4.74 Å². The second-order valence-corrected chi connectivity index (χ2v) is 6.32. The zero-order valence-corrected chi connectivity index (χ0v) is 12.5. The fourth-order valence-electron chi connectivity index (χ4n) is 2.50. The monoisotopic (exact) mass is 273 g/mol. The molecule has 1 amide bonds. The first-order chi connectivity index (χ1) is 9.37. The summed E-state index contributed by atoms with van der Waals surface area (Å²) in [5, 5.41) is 2.97. The number of benzene rings is 1. The van der Waals surface area contributed by atoms with E-state index in [0.29, 0.717) is 0 Å². The van der Waals surface area contributed by atoms with Crippen molar-refractivity contribution in [1.82, 2.24) is 5.32 Å². The molecule has 1 N–H and O–H groups in total. The van der Waals surface area contributed by atoms with Crippen LogP contribution >= 0.6 is 0 Å². The number of rotatable bonds is 2. The quantitative estimate of drug-likeness (QED) is 0.892. The number of ether oxygens (including phenoxy) is 1. The molecule has 20 heavy (non-hydrogen) atoms. The minimum Gasteiger partial charge on any atom is -0.444 e. The first kappa shape index (κ1) is 14.6. The lowest BCUT2D eigenvalue weighted by Crippen LogP contribution is -2.41. The minimum absolute atomic E-state index is 0.150. The number of alkyl carbamates (subject to hydrolysis) is 1. The maximum Gasteiger partial charge on any atom is 0.407 e. The summed E-state index contributed by atoms with van der Waals surface area (Å²) >= 11 is 0. The third-order valence-corrected chi connectivity index (χ3v) is 3.42. The molecule has 0 bridgehead atoms. The van der Waals surface area contributed by atoms with Gasteiger partial charge in [-0.15, -0.1) is 0 Å². The van der Waals surface area contributed by atoms with E-state index in [-0.39, 0.29) is 12.1 Å². The van der Waals surface area contributed by atoms with Crippen LogP contribution in [-0.2, 0) is 17.6 Å². The Labute approximate surface area is 121 Å². The van der Waals surface area contributed by atoms with Crippen molar-refractivity contribution in [3.63, 3.8) is 0 Å². The summed E-state index contributed by atoms with van der Waals surface area (Å²) < 4.78 is 5.31. The summed E-state index contributed by atoms with van der Waals surface area (Å²) in [6.07, 6.45) is 4.33. The van der Waals surface area contributed by atoms with E-state index in [1.54, 1.807) is 0 Å². The molecular formula is C17H23NO2. The highest BCUT2D eigenvalue weighted by atomic mass is 16.6. The Balaban J connectivity index is 2.00. The van der Waals surface area contributed by atoms with Crippen LogP contribution < -0.4 is 5.32 Å². The molecule has 1 aliphatic carbocycles. The van der Waals surface area contributed by atoms with Crippen molar-refractivity contribution in [2.24, 2.45) is 0 Å². The molecule has 0 saturated carbocycles. The Hall–Kier alpha value is -1.77. The van der Waals surface area contributed by atoms with Crippen molar-refractivity contribution in [3.8, 4) is 0 Å². The van der Waals surface area contributed by atoms with E-state index in [2.05, 4.69) is 30.1 Å². The zero-order chi connectivity index (χ0) is 14.8. The second kappa shape index (κ2) is 5.70. The fraction of sp³-hybridized carbons (Fsp3) is 0.471. The number of hydrogen-bond donors (Lipinski definition) is 1. The SMILES string of the molecule is C=Cc1ccc2c(c1)CC(NC(=O)OC(C)(C)C)CC2. The van der Waals surface area contributed by atoms with E-state index in [1.807, 2.05) is 26.8 Å². The van der Waals surface area contributed by atoms with Gasteiger partial charge in [0.15, 0.2) is 0 Å². The largest absolute Gasteiger partial charge is 0.444 e. The maximum atomic E-state index is 11.8. The van der Waals surface area contributed by atoms with Crippen LogP contribution in [0.1, 0.15) is 43.9 Å². The van der Waals surface area contributed by atoms with E-state index in [1.165, 1.54) is 11.1 Å². The van der Waals surface area contributed by atoms with Gasteiger partial charge in [0.05, 0.1) is 0 Å². The van der Waals surface area contributed by atoms with Crippen LogP contribution in [0.4, 0.5) is 4.79 Å². The molecule has 3 nitrogen and oxygen atoms in total. The van der Waals surface area contributed by atoms with Gasteiger partial charge in [0.25, 0.3) is 0 Å². The molecule has 1 aromatic carbocycles. The Morgan fingerprint density at radius 3 is 2.80 bits per heavy atom. The average Bonchev–Trinajstić information content (AvgIpc) is 2.35. The Bertz CT molecular complexity index is 514. The van der Waals surface area contributed by atoms with Crippen molar-refractivity contribution in [2.75, 3.05) is 0 Å². The van der Waals surface area contributed by atoms with Gasteiger partial charge in [-0.05, 0) is 56.7 Å². The first-order valence-corrected chi connectivity index (χ1v) is 7.11. The number of fused-ring (bicyclic) bond motifs is 1. The number of nitrogens with one attached hydrogen (secondary N) is 1. The van der Waals surface area contributed by atoms with E-state index in [9.17, 15) is 4.79 Å². The Morgan fingerprint density at radius 1 is 1.40 bits per heavy atom. The van der Waals surface area contributed by atoms with Gasteiger partial charge in [0.1, 0.15) is 5.60 Å². The molecule has 1 aliphatic rings. The van der Waals surface area contributed by atoms with Gasteiger partial charge in [0, 0.05) is 6.04 Å². The molecule has 0 fully saturated rings. The van der Waals surface area contributed by atoms with Crippen LogP contribution in [0.3, 0.4) is 0 Å². The molecule has 3 heteroatoms. The van der Waals surface area contributed by atoms with Crippen molar-refractivity contribution >= 4 is 12.2 Å². The van der Waals surface area contributed by atoms with Gasteiger partial charge in [-0.2, -0.15) is 0 Å². The lowest BCUT2D eigenvalue weighted by molar-refractivity contribution is 0.0500. The van der Waals surface area contributed by atoms with Gasteiger partial charge >= 0.3 is 6.09 Å². The Kier molecular flexibility index (Phi) is 4.17. The summed E-state index contributed by atoms with van der Waals surface area (Å²) in [7, 11) is 0. The standard InChI is InChI=1S/C17H23NO2/c1-5-12-6-7-13-8-9-15(11-14(13)10-12)18-16(19)20-17(2,3)4/h5-7,10,15H,1,8-9,11H2,2-4H3,(H,18,19). The number of amides is 1. The van der Waals surface area contributed by atoms with Gasteiger partial charge < -0.3 is 10.1 Å². The average molecular weight is 273 g/mol. The van der Waals surface area contributed by atoms with Crippen LogP contribution in [0, 0.1) is 0 Å². The van der Waals surface area contributed by atoms with Gasteiger partial charge in [-0.1, -0.05) is 30.9 Å². The summed E-state index contributed by atoms with van der Waals surface area (Å²) in [4.78, 5) is 11.8. The second-order valence-electron chi connectivity index (χ2n) is 6.32. The maximum absolute atomic E-state index is 11.8. The van der Waals surface area contributed by atoms with Crippen molar-refractivity contribution in [2.45, 2.75) is 51.7 Å². The first-order valence-electron chi connectivity index (χ1n) is 7.11. The molecular weight excluding hydrogens is 250 g/mol. The molecule has 0 aromatic heterocycles. The smallest absolute Gasteiger partial charge is 0.407 e. The summed E-state index contributed by atoms with van der Waals surface area (Å²) in [6, 6.07) is 6.56. The van der Waals surface area contributed by atoms with Crippen LogP contribution in [0.15, 0.2) is 24.8 Å². The van der Waals surface area contributed by atoms with Crippen molar-refractivity contribution in [3.05, 3.63) is 41.5 Å². The van der Waals surface area contributed by atoms with Gasteiger partial charge in [-0.3, -0.25) is 0 Å². The summed E-state index contributed by atoms with van der Waals surface area (Å²) in [5.74, 6) is 0. The fourth-order valence-corrected chi connectivity index (χ4v) is 2.50. The van der Waals surface area contributed by atoms with Crippen LogP contribution in [-0.4, -0.2) is 17.7 Å². The zero-order valence-electron chi connectivity index (χ0n) is 12.5. The molecule has 0 spiro atoms. The highest BCUT2D eigenvalue weighted by Crippen LogP contribution is 2.23. The lowest BCUT2D eigenvalue weighted by atomic mass is 9.87. The molecule has 108 valence electrons. The highest BCUT2D eigenvalue weighted by Gasteiger charge is 2.23. The minimum atomic E-state index is -0.452. The predicted molar refractivity (Wildman–Crippen MR) is 81.7 cm³/mol. The highest BCUT2D eigenvalue weighted by molar-refractivity contribution is 5.68. The lowest BCUT2D eigenvalue weighted by Gasteiger charge is -2.27. The van der Waals surface area contributed by atoms with Gasteiger partial charge in [0.2, 0.25) is 0 Å². The number of aryl methyl sites for hydroxylation is 1. The van der Waals surface area contributed by atoms with Gasteiger partial charge in [-0.25, -0.2) is 4.79 Å². The third kappa shape index (κ3) is 3.86. The topological polar surface area (TPSA) is 38.3 Å². The molecule has 1 unspecified atom stereocenters. The van der Waals surface area contributed by atoms with Crippen molar-refractivity contribution in [1.29, 1.82) is 0 Å². The van der Waals surface area contributed by atoms with Crippen LogP contribution in [0.2, 0.25) is 0 Å². The van der Waals surface area contributed by atoms with E-state index >= 15 is 0 Å². The molecule has 1 aromatic rings. The Morgan fingerprint density at radius 2 is 2.15 bits per heavy atom. The van der Waals surface area contributed by atoms with E-state index < -0.39 is 5.60 Å². The van der Waals surface area contributed by atoms with E-state index in [0.717, 1.165) is 24.8 Å². The predicted octanol–water partition coefficient (Wildman–Crippen LogP) is 3.71. The molecule has 2 rings (SSSR count). The van der Waals surface area contributed by atoms with Crippen LogP contribution in [0.5, 0.6) is 0 Å². The molecule has 0 heterocycles. The molecule has 1 atom stereocenters. The summed E-state index contributed by atoms with van der Waals surface area (Å²) in [6.45, 7) is 9.42. The third-order valence-electron chi connectivity index (χ3n) is 3.42. The normalized spacial score (nSPS) is 18.1. The number of hydrogen-bond acceptors (Lipinski definition) is 2. The molecule has 0 saturated heterocycles. The molecule has 0 aliphatic heterocycles. The number of carbonyl (C=O) groups excluding carboxylic acids is 1. The summed E-state index contributed by atoms with van der Waals surface area (Å²) in [5.41, 5.74) is 3.35. The molecule has 0 radical (unpaired) electrons. The number of carbonyl (C=O) groups is 1.